The van der Waals surface area contributed by atoms with Gasteiger partial charge in [-0.05, 0) is 48.7 Å². The van der Waals surface area contributed by atoms with Crippen LogP contribution in [0.5, 0.6) is 5.75 Å². The Kier molecular flexibility index (Phi) is 10.8. The van der Waals surface area contributed by atoms with Crippen LogP contribution in [0.25, 0.3) is 0 Å². The standard InChI is InChI=1S/C30H35F2N3O5S/c1-5-21(2)33-30(37)28(17-22-10-7-6-8-11-22)34(19-23-12-9-13-25(16-23)40-3)29(36)20-35(41(4,38)39)24-14-15-26(31)27(32)18-24/h6-16,18,21,28H,5,17,19-20H2,1-4H3,(H,33,37)/t21-,28+/m1/s1. The molecule has 3 aromatic carbocycles. The largest absolute Gasteiger partial charge is 0.497 e. The summed E-state index contributed by atoms with van der Waals surface area (Å²) in [6.45, 7) is 2.98. The Balaban J connectivity index is 2.08. The van der Waals surface area contributed by atoms with Gasteiger partial charge in [0.05, 0.1) is 19.1 Å². The highest BCUT2D eigenvalue weighted by molar-refractivity contribution is 7.92. The number of rotatable bonds is 13. The quantitative estimate of drug-likeness (QED) is 0.322. The van der Waals surface area contributed by atoms with E-state index in [9.17, 15) is 26.8 Å². The molecule has 0 aliphatic rings. The molecule has 0 aliphatic heterocycles. The summed E-state index contributed by atoms with van der Waals surface area (Å²) in [4.78, 5) is 29.0. The monoisotopic (exact) mass is 587 g/mol. The second-order valence-corrected chi connectivity index (χ2v) is 11.7. The Morgan fingerprint density at radius 3 is 2.24 bits per heavy atom. The molecule has 2 amide bonds. The molecule has 8 nitrogen and oxygen atoms in total. The first-order chi connectivity index (χ1) is 19.4. The molecule has 0 heterocycles. The molecule has 0 radical (unpaired) electrons. The van der Waals surface area contributed by atoms with Crippen LogP contribution in [0.2, 0.25) is 0 Å². The molecule has 0 aliphatic carbocycles. The van der Waals surface area contributed by atoms with Crippen molar-refractivity contribution >= 4 is 27.5 Å². The summed E-state index contributed by atoms with van der Waals surface area (Å²) < 4.78 is 59.2. The van der Waals surface area contributed by atoms with Crippen molar-refractivity contribution in [3.8, 4) is 5.75 Å². The van der Waals surface area contributed by atoms with Crippen molar-refractivity contribution in [3.63, 3.8) is 0 Å². The van der Waals surface area contributed by atoms with Gasteiger partial charge in [0.1, 0.15) is 18.3 Å². The molecule has 0 fully saturated rings. The van der Waals surface area contributed by atoms with Gasteiger partial charge < -0.3 is 15.0 Å². The molecular formula is C30H35F2N3O5S. The van der Waals surface area contributed by atoms with Gasteiger partial charge in [-0.25, -0.2) is 17.2 Å². The van der Waals surface area contributed by atoms with Crippen molar-refractivity contribution in [2.75, 3.05) is 24.2 Å². The highest BCUT2D eigenvalue weighted by Crippen LogP contribution is 2.23. The number of halogens is 2. The van der Waals surface area contributed by atoms with Crippen LogP contribution in [-0.2, 0) is 32.6 Å². The number of anilines is 1. The number of carbonyl (C=O) groups excluding carboxylic acids is 2. The smallest absolute Gasteiger partial charge is 0.244 e. The number of hydrogen-bond acceptors (Lipinski definition) is 5. The van der Waals surface area contributed by atoms with Crippen LogP contribution in [-0.4, -0.2) is 57.1 Å². The Morgan fingerprint density at radius 2 is 1.63 bits per heavy atom. The average molecular weight is 588 g/mol. The van der Waals surface area contributed by atoms with Crippen LogP contribution >= 0.6 is 0 Å². The van der Waals surface area contributed by atoms with Crippen LogP contribution in [0.15, 0.2) is 72.8 Å². The van der Waals surface area contributed by atoms with Gasteiger partial charge in [0, 0.05) is 25.1 Å². The fourth-order valence-corrected chi connectivity index (χ4v) is 5.06. The number of carbonyl (C=O) groups is 2. The molecule has 3 rings (SSSR count). The van der Waals surface area contributed by atoms with Gasteiger partial charge >= 0.3 is 0 Å². The van der Waals surface area contributed by atoms with Crippen molar-refractivity contribution in [3.05, 3.63) is 95.6 Å². The fraction of sp³-hybridized carbons (Fsp3) is 0.333. The van der Waals surface area contributed by atoms with Gasteiger partial charge in [-0.3, -0.25) is 13.9 Å². The Labute approximate surface area is 240 Å². The van der Waals surface area contributed by atoms with E-state index in [1.54, 1.807) is 24.3 Å². The van der Waals surface area contributed by atoms with E-state index >= 15 is 0 Å². The van der Waals surface area contributed by atoms with Gasteiger partial charge in [-0.15, -0.1) is 0 Å². The Morgan fingerprint density at radius 1 is 0.951 bits per heavy atom. The number of nitrogens with zero attached hydrogens (tertiary/aromatic N) is 2. The first-order valence-electron chi connectivity index (χ1n) is 13.1. The van der Waals surface area contributed by atoms with Gasteiger partial charge in [0.2, 0.25) is 21.8 Å². The maximum Gasteiger partial charge on any atom is 0.244 e. The minimum absolute atomic E-state index is 0.0448. The molecule has 11 heteroatoms. The van der Waals surface area contributed by atoms with Crippen LogP contribution < -0.4 is 14.4 Å². The number of ether oxygens (including phenoxy) is 1. The SMILES string of the molecule is CC[C@@H](C)NC(=O)[C@H](Cc1ccccc1)N(Cc1cccc(OC)c1)C(=O)CN(c1ccc(F)c(F)c1)S(C)(=O)=O. The molecule has 0 unspecified atom stereocenters. The second-order valence-electron chi connectivity index (χ2n) is 9.76. The Bertz CT molecular complexity index is 1450. The molecule has 0 bridgehead atoms. The minimum atomic E-state index is -4.11. The third kappa shape index (κ3) is 8.75. The predicted molar refractivity (Wildman–Crippen MR) is 154 cm³/mol. The minimum Gasteiger partial charge on any atom is -0.497 e. The molecule has 2 atom stereocenters. The van der Waals surface area contributed by atoms with E-state index in [1.807, 2.05) is 44.2 Å². The van der Waals surface area contributed by atoms with Crippen LogP contribution in [0.1, 0.15) is 31.4 Å². The number of sulfonamides is 1. The maximum absolute atomic E-state index is 14.1. The van der Waals surface area contributed by atoms with Crippen molar-refractivity contribution < 1.29 is 31.5 Å². The first kappa shape index (κ1) is 31.5. The van der Waals surface area contributed by atoms with Gasteiger partial charge in [0.15, 0.2) is 11.6 Å². The van der Waals surface area contributed by atoms with E-state index in [4.69, 9.17) is 4.74 Å². The summed E-state index contributed by atoms with van der Waals surface area (Å²) in [6.07, 6.45) is 1.68. The third-order valence-corrected chi connectivity index (χ3v) is 7.77. The lowest BCUT2D eigenvalue weighted by Crippen LogP contribution is -2.54. The zero-order valence-electron chi connectivity index (χ0n) is 23.5. The summed E-state index contributed by atoms with van der Waals surface area (Å²) in [5.74, 6) is -2.98. The zero-order valence-corrected chi connectivity index (χ0v) is 24.3. The molecule has 220 valence electrons. The highest BCUT2D eigenvalue weighted by Gasteiger charge is 2.33. The van der Waals surface area contributed by atoms with Crippen LogP contribution in [0.4, 0.5) is 14.5 Å². The molecular weight excluding hydrogens is 552 g/mol. The third-order valence-electron chi connectivity index (χ3n) is 6.63. The van der Waals surface area contributed by atoms with Gasteiger partial charge in [-0.2, -0.15) is 0 Å². The molecule has 41 heavy (non-hydrogen) atoms. The fourth-order valence-electron chi connectivity index (χ4n) is 4.22. The van der Waals surface area contributed by atoms with E-state index < -0.39 is 46.1 Å². The van der Waals surface area contributed by atoms with Crippen molar-refractivity contribution in [1.29, 1.82) is 0 Å². The normalized spacial score (nSPS) is 12.7. The van der Waals surface area contributed by atoms with E-state index in [-0.39, 0.29) is 24.7 Å². The van der Waals surface area contributed by atoms with Crippen LogP contribution in [0.3, 0.4) is 0 Å². The van der Waals surface area contributed by atoms with E-state index in [0.29, 0.717) is 28.1 Å². The molecule has 1 N–H and O–H groups in total. The molecule has 3 aromatic rings. The average Bonchev–Trinajstić information content (AvgIpc) is 2.94. The lowest BCUT2D eigenvalue weighted by molar-refractivity contribution is -0.140. The van der Waals surface area contributed by atoms with E-state index in [0.717, 1.165) is 24.0 Å². The Hall–Kier alpha value is -3.99. The van der Waals surface area contributed by atoms with Gasteiger partial charge in [-0.1, -0.05) is 49.4 Å². The maximum atomic E-state index is 14.1. The van der Waals surface area contributed by atoms with Crippen molar-refractivity contribution in [2.24, 2.45) is 0 Å². The molecule has 0 spiro atoms. The lowest BCUT2D eigenvalue weighted by atomic mass is 10.0. The molecule has 0 saturated heterocycles. The van der Waals surface area contributed by atoms with Crippen molar-refractivity contribution in [1.82, 2.24) is 10.2 Å². The number of amides is 2. The zero-order chi connectivity index (χ0) is 30.2. The summed E-state index contributed by atoms with van der Waals surface area (Å²) in [7, 11) is -2.61. The molecule has 0 saturated carbocycles. The lowest BCUT2D eigenvalue weighted by Gasteiger charge is -2.34. The first-order valence-corrected chi connectivity index (χ1v) is 15.0. The summed E-state index contributed by atoms with van der Waals surface area (Å²) in [5.41, 5.74) is 1.22. The van der Waals surface area contributed by atoms with Crippen molar-refractivity contribution in [2.45, 2.75) is 45.3 Å². The summed E-state index contributed by atoms with van der Waals surface area (Å²) in [5, 5.41) is 2.94. The highest BCUT2D eigenvalue weighted by atomic mass is 32.2. The number of benzene rings is 3. The van der Waals surface area contributed by atoms with E-state index in [2.05, 4.69) is 5.32 Å². The second kappa shape index (κ2) is 14.1. The van der Waals surface area contributed by atoms with E-state index in [1.165, 1.54) is 12.0 Å². The van der Waals surface area contributed by atoms with Gasteiger partial charge in [0.25, 0.3) is 0 Å². The topological polar surface area (TPSA) is 96.0 Å². The predicted octanol–water partition coefficient (Wildman–Crippen LogP) is 4.29. The summed E-state index contributed by atoms with van der Waals surface area (Å²) in [6, 6.07) is 17.5. The summed E-state index contributed by atoms with van der Waals surface area (Å²) >= 11 is 0. The molecule has 0 aromatic heterocycles. The number of nitrogens with one attached hydrogen (secondary N) is 1. The number of hydrogen-bond donors (Lipinski definition) is 1. The number of methoxy groups -OCH3 is 1. The van der Waals surface area contributed by atoms with Crippen LogP contribution in [0, 0.1) is 11.6 Å².